The van der Waals surface area contributed by atoms with E-state index in [1.54, 1.807) is 0 Å². The van der Waals surface area contributed by atoms with Crippen molar-refractivity contribution in [3.05, 3.63) is 45.9 Å². The Morgan fingerprint density at radius 3 is 2.62 bits per heavy atom. The molecule has 0 spiro atoms. The Bertz CT molecular complexity index is 921. The molecule has 3 heterocycles. The first kappa shape index (κ1) is 19.5. The summed E-state index contributed by atoms with van der Waals surface area (Å²) < 4.78 is 6.85. The van der Waals surface area contributed by atoms with Crippen LogP contribution in [0.15, 0.2) is 29.1 Å². The quantitative estimate of drug-likeness (QED) is 0.711. The Morgan fingerprint density at radius 1 is 1.10 bits per heavy atom. The van der Waals surface area contributed by atoms with Crippen LogP contribution in [-0.2, 0) is 11.3 Å². The van der Waals surface area contributed by atoms with E-state index < -0.39 is 11.5 Å². The third-order valence-corrected chi connectivity index (χ3v) is 5.32. The van der Waals surface area contributed by atoms with Crippen LogP contribution in [0.3, 0.4) is 0 Å². The van der Waals surface area contributed by atoms with E-state index in [-0.39, 0.29) is 5.69 Å². The van der Waals surface area contributed by atoms with E-state index in [0.29, 0.717) is 25.6 Å². The Labute approximate surface area is 169 Å². The summed E-state index contributed by atoms with van der Waals surface area (Å²) >= 11 is 0. The molecule has 4 rings (SSSR count). The van der Waals surface area contributed by atoms with Gasteiger partial charge in [-0.25, -0.2) is 0 Å². The van der Waals surface area contributed by atoms with Crippen LogP contribution >= 0.6 is 0 Å². The second-order valence-electron chi connectivity index (χ2n) is 7.36. The number of carbonyl (C=O) groups excluding carboxylic acids is 1. The van der Waals surface area contributed by atoms with Crippen molar-refractivity contribution in [1.29, 1.82) is 0 Å². The number of hydrogen-bond acceptors (Lipinski definition) is 7. The SMILES string of the molecule is Cc1ccc(N2CCn3c2nnc(C(=O)NCCCN2CCOCC2)c3=O)cc1. The highest BCUT2D eigenvalue weighted by Crippen LogP contribution is 2.26. The van der Waals surface area contributed by atoms with Crippen molar-refractivity contribution in [2.24, 2.45) is 0 Å². The number of amides is 1. The summed E-state index contributed by atoms with van der Waals surface area (Å²) in [6.45, 7) is 7.87. The molecule has 154 valence electrons. The minimum atomic E-state index is -0.464. The highest BCUT2D eigenvalue weighted by Gasteiger charge is 2.27. The largest absolute Gasteiger partial charge is 0.379 e. The molecule has 1 fully saturated rings. The summed E-state index contributed by atoms with van der Waals surface area (Å²) in [4.78, 5) is 29.4. The van der Waals surface area contributed by atoms with Gasteiger partial charge >= 0.3 is 0 Å². The number of hydrogen-bond donors (Lipinski definition) is 1. The lowest BCUT2D eigenvalue weighted by Gasteiger charge is -2.26. The zero-order valence-corrected chi connectivity index (χ0v) is 16.6. The number of aromatic nitrogens is 3. The van der Waals surface area contributed by atoms with Crippen LogP contribution in [0.1, 0.15) is 22.5 Å². The second-order valence-corrected chi connectivity index (χ2v) is 7.36. The molecule has 0 radical (unpaired) electrons. The number of nitrogens with zero attached hydrogens (tertiary/aromatic N) is 5. The predicted octanol–water partition coefficient (Wildman–Crippen LogP) is 0.551. The third-order valence-electron chi connectivity index (χ3n) is 5.32. The monoisotopic (exact) mass is 398 g/mol. The minimum absolute atomic E-state index is 0.147. The van der Waals surface area contributed by atoms with Crippen LogP contribution in [0.2, 0.25) is 0 Å². The van der Waals surface area contributed by atoms with Crippen LogP contribution in [0.25, 0.3) is 0 Å². The van der Waals surface area contributed by atoms with Crippen molar-refractivity contribution in [2.75, 3.05) is 50.8 Å². The van der Waals surface area contributed by atoms with Crippen molar-refractivity contribution < 1.29 is 9.53 Å². The normalized spacial score (nSPS) is 16.7. The fraction of sp³-hybridized carbons (Fsp3) is 0.500. The number of carbonyl (C=O) groups is 1. The van der Waals surface area contributed by atoms with E-state index in [9.17, 15) is 9.59 Å². The van der Waals surface area contributed by atoms with Crippen LogP contribution in [0.5, 0.6) is 0 Å². The number of nitrogens with one attached hydrogen (secondary N) is 1. The summed E-state index contributed by atoms with van der Waals surface area (Å²) in [5.74, 6) is 0.0104. The average molecular weight is 398 g/mol. The summed E-state index contributed by atoms with van der Waals surface area (Å²) in [6.07, 6.45) is 0.812. The maximum Gasteiger partial charge on any atom is 0.286 e. The van der Waals surface area contributed by atoms with Gasteiger partial charge in [-0.2, -0.15) is 0 Å². The maximum absolute atomic E-state index is 12.8. The first-order valence-corrected chi connectivity index (χ1v) is 10.0. The molecule has 1 amide bonds. The van der Waals surface area contributed by atoms with Crippen LogP contribution < -0.4 is 15.8 Å². The lowest BCUT2D eigenvalue weighted by molar-refractivity contribution is 0.0374. The molecule has 0 unspecified atom stereocenters. The Balaban J connectivity index is 1.38. The molecule has 1 aromatic carbocycles. The number of fused-ring (bicyclic) bond motifs is 1. The zero-order valence-electron chi connectivity index (χ0n) is 16.6. The van der Waals surface area contributed by atoms with E-state index in [1.165, 1.54) is 4.57 Å². The standard InChI is InChI=1S/C20H26N6O3/c1-15-3-5-16(6-4-15)25-9-10-26-19(28)17(22-23-20(25)26)18(27)21-7-2-8-24-11-13-29-14-12-24/h3-6H,2,7-14H2,1H3,(H,21,27). The van der Waals surface area contributed by atoms with E-state index >= 15 is 0 Å². The number of morpholine rings is 1. The highest BCUT2D eigenvalue weighted by molar-refractivity contribution is 5.91. The molecular formula is C20H26N6O3. The van der Waals surface area contributed by atoms with E-state index in [4.69, 9.17) is 4.74 Å². The fourth-order valence-electron chi connectivity index (χ4n) is 3.64. The smallest absolute Gasteiger partial charge is 0.286 e. The number of aryl methyl sites for hydroxylation is 1. The number of ether oxygens (including phenoxy) is 1. The molecular weight excluding hydrogens is 372 g/mol. The van der Waals surface area contributed by atoms with E-state index in [0.717, 1.165) is 50.5 Å². The third kappa shape index (κ3) is 4.30. The summed E-state index contributed by atoms with van der Waals surface area (Å²) in [7, 11) is 0. The van der Waals surface area contributed by atoms with Crippen LogP contribution in [0.4, 0.5) is 11.6 Å². The average Bonchev–Trinajstić information content (AvgIpc) is 3.18. The van der Waals surface area contributed by atoms with Gasteiger partial charge in [0.25, 0.3) is 11.5 Å². The summed E-state index contributed by atoms with van der Waals surface area (Å²) in [5.41, 5.74) is 1.58. The Kier molecular flexibility index (Phi) is 5.86. The van der Waals surface area contributed by atoms with Gasteiger partial charge in [-0.1, -0.05) is 17.7 Å². The highest BCUT2D eigenvalue weighted by atomic mass is 16.5. The van der Waals surface area contributed by atoms with Gasteiger partial charge in [-0.05, 0) is 32.0 Å². The van der Waals surface area contributed by atoms with Gasteiger partial charge in [-0.15, -0.1) is 10.2 Å². The number of rotatable bonds is 6. The van der Waals surface area contributed by atoms with Gasteiger partial charge in [0.15, 0.2) is 0 Å². The molecule has 1 saturated heterocycles. The topological polar surface area (TPSA) is 92.6 Å². The minimum Gasteiger partial charge on any atom is -0.379 e. The van der Waals surface area contributed by atoms with Gasteiger partial charge < -0.3 is 15.0 Å². The van der Waals surface area contributed by atoms with Crippen LogP contribution in [0, 0.1) is 6.92 Å². The van der Waals surface area contributed by atoms with Gasteiger partial charge in [0.2, 0.25) is 11.6 Å². The molecule has 9 nitrogen and oxygen atoms in total. The molecule has 29 heavy (non-hydrogen) atoms. The first-order chi connectivity index (χ1) is 14.1. The lowest BCUT2D eigenvalue weighted by atomic mass is 10.2. The molecule has 2 aromatic rings. The molecule has 1 aromatic heterocycles. The predicted molar refractivity (Wildman–Crippen MR) is 109 cm³/mol. The van der Waals surface area contributed by atoms with Gasteiger partial charge in [0.05, 0.1) is 13.2 Å². The molecule has 0 bridgehead atoms. The molecule has 1 N–H and O–H groups in total. The molecule has 0 aliphatic carbocycles. The van der Waals surface area contributed by atoms with Gasteiger partial charge in [-0.3, -0.25) is 19.1 Å². The van der Waals surface area contributed by atoms with E-state index in [1.807, 2.05) is 36.1 Å². The van der Waals surface area contributed by atoms with E-state index in [2.05, 4.69) is 20.4 Å². The van der Waals surface area contributed by atoms with Gasteiger partial charge in [0.1, 0.15) is 0 Å². The molecule has 0 atom stereocenters. The molecule has 9 heteroatoms. The first-order valence-electron chi connectivity index (χ1n) is 10.0. The van der Waals surface area contributed by atoms with Crippen molar-refractivity contribution in [3.63, 3.8) is 0 Å². The Hall–Kier alpha value is -2.78. The second kappa shape index (κ2) is 8.71. The molecule has 2 aliphatic rings. The van der Waals surface area contributed by atoms with Crippen LogP contribution in [-0.4, -0.2) is 71.5 Å². The molecule has 0 saturated carbocycles. The molecule has 2 aliphatic heterocycles. The Morgan fingerprint density at radius 2 is 1.86 bits per heavy atom. The zero-order chi connectivity index (χ0) is 20.2. The van der Waals surface area contributed by atoms with Crippen molar-refractivity contribution in [1.82, 2.24) is 25.0 Å². The van der Waals surface area contributed by atoms with Crippen molar-refractivity contribution in [3.8, 4) is 0 Å². The van der Waals surface area contributed by atoms with Gasteiger partial charge in [0, 0.05) is 38.4 Å². The fourth-order valence-corrected chi connectivity index (χ4v) is 3.64. The lowest BCUT2D eigenvalue weighted by Crippen LogP contribution is -2.39. The van der Waals surface area contributed by atoms with Crippen molar-refractivity contribution in [2.45, 2.75) is 19.9 Å². The summed E-state index contributed by atoms with van der Waals surface area (Å²) in [5, 5.41) is 10.9. The maximum atomic E-state index is 12.8. The van der Waals surface area contributed by atoms with Crippen molar-refractivity contribution >= 4 is 17.5 Å². The number of anilines is 2. The number of benzene rings is 1. The summed E-state index contributed by atoms with van der Waals surface area (Å²) in [6, 6.07) is 8.02.